The van der Waals surface area contributed by atoms with Gasteiger partial charge in [0, 0.05) is 35.3 Å². The lowest BCUT2D eigenvalue weighted by Crippen LogP contribution is -1.90. The molecule has 0 atom stereocenters. The number of aromatic nitrogens is 2. The molecule has 0 saturated heterocycles. The van der Waals surface area contributed by atoms with E-state index in [0.717, 1.165) is 23.4 Å². The number of nitrogen functional groups attached to an aromatic ring is 1. The molecule has 0 bridgehead atoms. The monoisotopic (exact) mass is 255 g/mol. The normalized spacial score (nSPS) is 11.3. The number of fused-ring (bicyclic) bond motifs is 1. The Bertz CT molecular complexity index is 752. The SMILES string of the molecule is CCc1ccc2c(c1)c(-c1cc(N)on1)c(C)n2C. The highest BCUT2D eigenvalue weighted by Crippen LogP contribution is 2.34. The van der Waals surface area contributed by atoms with Crippen LogP contribution in [0.5, 0.6) is 0 Å². The first-order valence-corrected chi connectivity index (χ1v) is 6.42. The Morgan fingerprint density at radius 2 is 2.11 bits per heavy atom. The number of benzene rings is 1. The highest BCUT2D eigenvalue weighted by molar-refractivity contribution is 5.97. The molecule has 4 nitrogen and oxygen atoms in total. The van der Waals surface area contributed by atoms with Gasteiger partial charge < -0.3 is 14.8 Å². The van der Waals surface area contributed by atoms with Crippen LogP contribution in [-0.4, -0.2) is 9.72 Å². The van der Waals surface area contributed by atoms with E-state index in [4.69, 9.17) is 10.3 Å². The molecule has 0 unspecified atom stereocenters. The van der Waals surface area contributed by atoms with E-state index in [0.29, 0.717) is 5.88 Å². The second kappa shape index (κ2) is 4.16. The van der Waals surface area contributed by atoms with Crippen molar-refractivity contribution < 1.29 is 4.52 Å². The summed E-state index contributed by atoms with van der Waals surface area (Å²) in [7, 11) is 2.07. The zero-order valence-electron chi connectivity index (χ0n) is 11.4. The molecule has 98 valence electrons. The number of aryl methyl sites for hydroxylation is 2. The first kappa shape index (κ1) is 11.8. The van der Waals surface area contributed by atoms with Crippen LogP contribution < -0.4 is 5.73 Å². The summed E-state index contributed by atoms with van der Waals surface area (Å²) < 4.78 is 7.18. The second-order valence-corrected chi connectivity index (χ2v) is 4.84. The number of nitrogens with zero attached hydrogens (tertiary/aromatic N) is 2. The lowest BCUT2D eigenvalue weighted by atomic mass is 10.0. The molecule has 4 heteroatoms. The van der Waals surface area contributed by atoms with Crippen molar-refractivity contribution in [2.24, 2.45) is 7.05 Å². The molecule has 0 amide bonds. The molecule has 2 aromatic heterocycles. The Kier molecular flexibility index (Phi) is 2.59. The lowest BCUT2D eigenvalue weighted by molar-refractivity contribution is 0.439. The maximum absolute atomic E-state index is 5.64. The summed E-state index contributed by atoms with van der Waals surface area (Å²) in [4.78, 5) is 0. The molecular formula is C15H17N3O. The van der Waals surface area contributed by atoms with Crippen molar-refractivity contribution in [3.8, 4) is 11.3 Å². The first-order chi connectivity index (χ1) is 9.11. The van der Waals surface area contributed by atoms with E-state index < -0.39 is 0 Å². The van der Waals surface area contributed by atoms with E-state index in [2.05, 4.69) is 48.8 Å². The number of hydrogen-bond acceptors (Lipinski definition) is 3. The van der Waals surface area contributed by atoms with E-state index in [1.165, 1.54) is 16.5 Å². The highest BCUT2D eigenvalue weighted by Gasteiger charge is 2.16. The standard InChI is InChI=1S/C15H17N3O/c1-4-10-5-6-13-11(7-10)15(9(2)18(13)3)12-8-14(16)19-17-12/h5-8H,4,16H2,1-3H3. The van der Waals surface area contributed by atoms with Crippen LogP contribution in [0.25, 0.3) is 22.2 Å². The van der Waals surface area contributed by atoms with E-state index in [1.54, 1.807) is 6.07 Å². The van der Waals surface area contributed by atoms with E-state index in [1.807, 2.05) is 0 Å². The van der Waals surface area contributed by atoms with Gasteiger partial charge in [-0.25, -0.2) is 0 Å². The van der Waals surface area contributed by atoms with Crippen molar-refractivity contribution in [2.75, 3.05) is 5.73 Å². The zero-order valence-corrected chi connectivity index (χ0v) is 11.4. The van der Waals surface area contributed by atoms with Gasteiger partial charge in [-0.3, -0.25) is 0 Å². The minimum absolute atomic E-state index is 0.345. The summed E-state index contributed by atoms with van der Waals surface area (Å²) in [5.41, 5.74) is 11.2. The molecule has 3 rings (SSSR count). The molecule has 3 aromatic rings. The average Bonchev–Trinajstić information content (AvgIpc) is 2.93. The Labute approximate surface area is 111 Å². The van der Waals surface area contributed by atoms with Gasteiger partial charge >= 0.3 is 0 Å². The summed E-state index contributed by atoms with van der Waals surface area (Å²) in [5.74, 6) is 0.345. The third-order valence-electron chi connectivity index (χ3n) is 3.75. The highest BCUT2D eigenvalue weighted by atomic mass is 16.5. The van der Waals surface area contributed by atoms with E-state index in [9.17, 15) is 0 Å². The van der Waals surface area contributed by atoms with Gasteiger partial charge in [-0.1, -0.05) is 18.1 Å². The third kappa shape index (κ3) is 1.71. The van der Waals surface area contributed by atoms with Crippen molar-refractivity contribution >= 4 is 16.8 Å². The summed E-state index contributed by atoms with van der Waals surface area (Å²) in [6.45, 7) is 4.25. The predicted molar refractivity (Wildman–Crippen MR) is 76.9 cm³/mol. The number of nitrogens with two attached hydrogens (primary N) is 1. The van der Waals surface area contributed by atoms with Gasteiger partial charge in [0.2, 0.25) is 5.88 Å². The Balaban J connectivity index is 2.36. The topological polar surface area (TPSA) is 57.0 Å². The third-order valence-corrected chi connectivity index (χ3v) is 3.75. The number of anilines is 1. The van der Waals surface area contributed by atoms with Crippen molar-refractivity contribution in [3.63, 3.8) is 0 Å². The molecule has 2 N–H and O–H groups in total. The van der Waals surface area contributed by atoms with Gasteiger partial charge in [0.05, 0.1) is 0 Å². The molecular weight excluding hydrogens is 238 g/mol. The fourth-order valence-corrected chi connectivity index (χ4v) is 2.57. The van der Waals surface area contributed by atoms with Crippen LogP contribution >= 0.6 is 0 Å². The average molecular weight is 255 g/mol. The maximum Gasteiger partial charge on any atom is 0.222 e. The molecule has 19 heavy (non-hydrogen) atoms. The van der Waals surface area contributed by atoms with Gasteiger partial charge in [-0.2, -0.15) is 0 Å². The summed E-state index contributed by atoms with van der Waals surface area (Å²) in [6, 6.07) is 8.33. The van der Waals surface area contributed by atoms with E-state index in [-0.39, 0.29) is 0 Å². The Morgan fingerprint density at radius 1 is 1.32 bits per heavy atom. The summed E-state index contributed by atoms with van der Waals surface area (Å²) in [5, 5.41) is 5.25. The second-order valence-electron chi connectivity index (χ2n) is 4.84. The van der Waals surface area contributed by atoms with Crippen molar-refractivity contribution in [1.82, 2.24) is 9.72 Å². The molecule has 2 heterocycles. The summed E-state index contributed by atoms with van der Waals surface area (Å²) in [6.07, 6.45) is 1.02. The van der Waals surface area contributed by atoms with Crippen molar-refractivity contribution in [3.05, 3.63) is 35.5 Å². The molecule has 0 spiro atoms. The first-order valence-electron chi connectivity index (χ1n) is 6.42. The fourth-order valence-electron chi connectivity index (χ4n) is 2.57. The fraction of sp³-hybridized carbons (Fsp3) is 0.267. The summed E-state index contributed by atoms with van der Waals surface area (Å²) >= 11 is 0. The predicted octanol–water partition coefficient (Wildman–Crippen LogP) is 3.29. The van der Waals surface area contributed by atoms with Crippen LogP contribution in [0.4, 0.5) is 5.88 Å². The molecule has 0 aliphatic rings. The van der Waals surface area contributed by atoms with Gasteiger partial charge in [0.15, 0.2) is 0 Å². The van der Waals surface area contributed by atoms with Crippen molar-refractivity contribution in [1.29, 1.82) is 0 Å². The van der Waals surface area contributed by atoms with Gasteiger partial charge in [0.1, 0.15) is 5.69 Å². The number of rotatable bonds is 2. The van der Waals surface area contributed by atoms with Gasteiger partial charge in [-0.15, -0.1) is 0 Å². The van der Waals surface area contributed by atoms with Crippen LogP contribution in [0.3, 0.4) is 0 Å². The van der Waals surface area contributed by atoms with Crippen LogP contribution in [0.1, 0.15) is 18.2 Å². The minimum Gasteiger partial charge on any atom is -0.368 e. The minimum atomic E-state index is 0.345. The lowest BCUT2D eigenvalue weighted by Gasteiger charge is -1.99. The molecule has 0 aliphatic heterocycles. The van der Waals surface area contributed by atoms with Gasteiger partial charge in [0.25, 0.3) is 0 Å². The van der Waals surface area contributed by atoms with Crippen LogP contribution in [-0.2, 0) is 13.5 Å². The van der Waals surface area contributed by atoms with Crippen molar-refractivity contribution in [2.45, 2.75) is 20.3 Å². The van der Waals surface area contributed by atoms with E-state index >= 15 is 0 Å². The Hall–Kier alpha value is -2.23. The van der Waals surface area contributed by atoms with Crippen LogP contribution in [0, 0.1) is 6.92 Å². The number of hydrogen-bond donors (Lipinski definition) is 1. The molecule has 0 saturated carbocycles. The quantitative estimate of drug-likeness (QED) is 0.764. The van der Waals surface area contributed by atoms with Gasteiger partial charge in [-0.05, 0) is 31.0 Å². The molecule has 0 fully saturated rings. The zero-order chi connectivity index (χ0) is 13.6. The maximum atomic E-state index is 5.64. The largest absolute Gasteiger partial charge is 0.368 e. The van der Waals surface area contributed by atoms with Crippen LogP contribution in [0.2, 0.25) is 0 Å². The molecule has 0 aliphatic carbocycles. The molecule has 1 aromatic carbocycles. The van der Waals surface area contributed by atoms with Crippen LogP contribution in [0.15, 0.2) is 28.8 Å². The smallest absolute Gasteiger partial charge is 0.222 e. The Morgan fingerprint density at radius 3 is 2.74 bits per heavy atom. The molecule has 0 radical (unpaired) electrons.